The molecule has 0 aliphatic heterocycles. The molecule has 0 bridgehead atoms. The molecule has 1 unspecified atom stereocenters. The van der Waals surface area contributed by atoms with Crippen LogP contribution in [0.25, 0.3) is 10.7 Å². The second-order valence-electron chi connectivity index (χ2n) is 7.44. The molecule has 3 rings (SSSR count). The highest BCUT2D eigenvalue weighted by molar-refractivity contribution is 7.13. The Kier molecular flexibility index (Phi) is 7.41. The molecule has 0 spiro atoms. The molecule has 3 aromatic rings. The second-order valence-corrected chi connectivity index (χ2v) is 8.30. The third-order valence-electron chi connectivity index (χ3n) is 4.41. The molecule has 158 valence electrons. The van der Waals surface area contributed by atoms with E-state index in [9.17, 15) is 4.79 Å². The third-order valence-corrected chi connectivity index (χ3v) is 5.33. The Labute approximate surface area is 181 Å². The molecular formula is C23H27N3O3S. The Hall–Kier alpha value is -2.93. The maximum atomic E-state index is 12.5. The van der Waals surface area contributed by atoms with E-state index >= 15 is 0 Å². The number of rotatable bonds is 9. The fraction of sp³-hybridized carbons (Fsp3) is 0.348. The quantitative estimate of drug-likeness (QED) is 0.539. The van der Waals surface area contributed by atoms with Crippen molar-refractivity contribution in [3.8, 4) is 22.2 Å². The van der Waals surface area contributed by atoms with Crippen LogP contribution in [0.15, 0.2) is 48.0 Å². The first kappa shape index (κ1) is 21.8. The van der Waals surface area contributed by atoms with Crippen molar-refractivity contribution in [1.82, 2.24) is 15.3 Å². The molecule has 7 heteroatoms. The molecule has 1 amide bonds. The number of hydrogen-bond acceptors (Lipinski definition) is 6. The van der Waals surface area contributed by atoms with Crippen LogP contribution >= 0.6 is 11.3 Å². The van der Waals surface area contributed by atoms with Gasteiger partial charge in [-0.15, -0.1) is 11.3 Å². The van der Waals surface area contributed by atoms with Gasteiger partial charge in [-0.1, -0.05) is 26.0 Å². The average Bonchev–Trinajstić information content (AvgIpc) is 3.20. The van der Waals surface area contributed by atoms with E-state index < -0.39 is 0 Å². The zero-order valence-electron chi connectivity index (χ0n) is 17.7. The van der Waals surface area contributed by atoms with Gasteiger partial charge in [-0.05, 0) is 42.7 Å². The Morgan fingerprint density at radius 3 is 2.70 bits per heavy atom. The molecule has 0 radical (unpaired) electrons. The Morgan fingerprint density at radius 1 is 1.17 bits per heavy atom. The number of carbonyl (C=O) groups excluding carboxylic acids is 1. The van der Waals surface area contributed by atoms with Crippen molar-refractivity contribution in [2.24, 2.45) is 5.92 Å². The summed E-state index contributed by atoms with van der Waals surface area (Å²) in [7, 11) is 1.62. The first-order valence-electron chi connectivity index (χ1n) is 9.92. The normalized spacial score (nSPS) is 11.9. The van der Waals surface area contributed by atoms with Crippen LogP contribution in [0.2, 0.25) is 0 Å². The van der Waals surface area contributed by atoms with Gasteiger partial charge in [0.25, 0.3) is 0 Å². The zero-order valence-corrected chi connectivity index (χ0v) is 18.5. The molecule has 0 fully saturated rings. The van der Waals surface area contributed by atoms with Gasteiger partial charge in [0.1, 0.15) is 5.01 Å². The molecule has 1 atom stereocenters. The molecule has 2 heterocycles. The van der Waals surface area contributed by atoms with Crippen LogP contribution in [0.3, 0.4) is 0 Å². The highest BCUT2D eigenvalue weighted by Gasteiger charge is 2.15. The summed E-state index contributed by atoms with van der Waals surface area (Å²) in [5.74, 6) is 1.71. The van der Waals surface area contributed by atoms with Crippen molar-refractivity contribution in [3.05, 3.63) is 59.2 Å². The average molecular weight is 426 g/mol. The minimum Gasteiger partial charge on any atom is -0.493 e. The minimum atomic E-state index is -0.167. The van der Waals surface area contributed by atoms with Crippen molar-refractivity contribution < 1.29 is 14.3 Å². The topological polar surface area (TPSA) is 73.3 Å². The Balaban J connectivity index is 1.61. The van der Waals surface area contributed by atoms with E-state index in [2.05, 4.69) is 29.1 Å². The van der Waals surface area contributed by atoms with Crippen molar-refractivity contribution in [1.29, 1.82) is 0 Å². The molecule has 0 saturated carbocycles. The first-order chi connectivity index (χ1) is 14.5. The van der Waals surface area contributed by atoms with Crippen LogP contribution in [-0.2, 0) is 11.2 Å². The van der Waals surface area contributed by atoms with Gasteiger partial charge in [-0.3, -0.25) is 9.78 Å². The largest absolute Gasteiger partial charge is 0.493 e. The summed E-state index contributed by atoms with van der Waals surface area (Å²) >= 11 is 1.49. The number of nitrogens with one attached hydrogen (secondary N) is 1. The van der Waals surface area contributed by atoms with Gasteiger partial charge in [-0.2, -0.15) is 0 Å². The lowest BCUT2D eigenvalue weighted by Gasteiger charge is -2.17. The number of ether oxygens (including phenoxy) is 2. The number of hydrogen-bond donors (Lipinski definition) is 1. The van der Waals surface area contributed by atoms with E-state index in [1.54, 1.807) is 13.3 Å². The predicted molar refractivity (Wildman–Crippen MR) is 119 cm³/mol. The lowest BCUT2D eigenvalue weighted by Crippen LogP contribution is -2.28. The van der Waals surface area contributed by atoms with Crippen molar-refractivity contribution in [2.45, 2.75) is 33.2 Å². The smallest absolute Gasteiger partial charge is 0.226 e. The van der Waals surface area contributed by atoms with E-state index in [1.807, 2.05) is 48.7 Å². The standard InChI is InChI=1S/C23H27N3O3S/c1-15(2)13-29-20-9-8-17(11-21(20)28-4)16(3)25-22(27)12-18-14-30-23(26-18)19-7-5-6-10-24-19/h5-11,14-16H,12-13H2,1-4H3,(H,25,27). The predicted octanol–water partition coefficient (Wildman–Crippen LogP) is 4.67. The summed E-state index contributed by atoms with van der Waals surface area (Å²) in [4.78, 5) is 21.4. The number of aromatic nitrogens is 2. The molecule has 6 nitrogen and oxygen atoms in total. The second kappa shape index (κ2) is 10.2. The molecule has 30 heavy (non-hydrogen) atoms. The minimum absolute atomic E-state index is 0.0838. The van der Waals surface area contributed by atoms with Crippen LogP contribution in [-0.4, -0.2) is 29.6 Å². The van der Waals surface area contributed by atoms with Crippen LogP contribution in [0.5, 0.6) is 11.5 Å². The van der Waals surface area contributed by atoms with Crippen LogP contribution in [0.4, 0.5) is 0 Å². The maximum Gasteiger partial charge on any atom is 0.226 e. The summed E-state index contributed by atoms with van der Waals surface area (Å²) in [6.45, 7) is 6.76. The fourth-order valence-electron chi connectivity index (χ4n) is 2.86. The third kappa shape index (κ3) is 5.79. The van der Waals surface area contributed by atoms with E-state index in [0.717, 1.165) is 22.0 Å². The SMILES string of the molecule is COc1cc(C(C)NC(=O)Cc2csc(-c3ccccn3)n2)ccc1OCC(C)C. The number of nitrogens with zero attached hydrogens (tertiary/aromatic N) is 2. The fourth-order valence-corrected chi connectivity index (χ4v) is 3.66. The summed E-state index contributed by atoms with van der Waals surface area (Å²) in [6, 6.07) is 11.3. The molecule has 0 aliphatic carbocycles. The molecule has 0 saturated heterocycles. The molecule has 1 aromatic carbocycles. The number of carbonyl (C=O) groups is 1. The number of benzene rings is 1. The monoisotopic (exact) mass is 425 g/mol. The van der Waals surface area contributed by atoms with E-state index in [1.165, 1.54) is 11.3 Å². The summed E-state index contributed by atoms with van der Waals surface area (Å²) in [5, 5.41) is 5.74. The van der Waals surface area contributed by atoms with Gasteiger partial charge in [0.15, 0.2) is 11.5 Å². The van der Waals surface area contributed by atoms with Gasteiger partial charge in [0, 0.05) is 11.6 Å². The lowest BCUT2D eigenvalue weighted by atomic mass is 10.1. The van der Waals surface area contributed by atoms with E-state index in [-0.39, 0.29) is 18.4 Å². The number of thiazole rings is 1. The molecule has 1 N–H and O–H groups in total. The van der Waals surface area contributed by atoms with Crippen LogP contribution < -0.4 is 14.8 Å². The van der Waals surface area contributed by atoms with Crippen molar-refractivity contribution in [3.63, 3.8) is 0 Å². The number of amides is 1. The number of methoxy groups -OCH3 is 1. The maximum absolute atomic E-state index is 12.5. The summed E-state index contributed by atoms with van der Waals surface area (Å²) in [6.07, 6.45) is 1.96. The van der Waals surface area contributed by atoms with E-state index in [0.29, 0.717) is 24.0 Å². The van der Waals surface area contributed by atoms with Crippen molar-refractivity contribution >= 4 is 17.2 Å². The van der Waals surface area contributed by atoms with Gasteiger partial charge in [0.05, 0.1) is 37.6 Å². The summed E-state index contributed by atoms with van der Waals surface area (Å²) < 4.78 is 11.3. The van der Waals surface area contributed by atoms with Gasteiger partial charge >= 0.3 is 0 Å². The van der Waals surface area contributed by atoms with Crippen LogP contribution in [0.1, 0.15) is 38.1 Å². The highest BCUT2D eigenvalue weighted by atomic mass is 32.1. The molecule has 2 aromatic heterocycles. The van der Waals surface area contributed by atoms with Gasteiger partial charge in [-0.25, -0.2) is 4.98 Å². The molecular weight excluding hydrogens is 398 g/mol. The zero-order chi connectivity index (χ0) is 21.5. The Bertz CT molecular complexity index is 973. The first-order valence-corrected chi connectivity index (χ1v) is 10.8. The van der Waals surface area contributed by atoms with Gasteiger partial charge < -0.3 is 14.8 Å². The van der Waals surface area contributed by atoms with Crippen molar-refractivity contribution in [2.75, 3.05) is 13.7 Å². The van der Waals surface area contributed by atoms with Gasteiger partial charge in [0.2, 0.25) is 5.91 Å². The highest BCUT2D eigenvalue weighted by Crippen LogP contribution is 2.30. The lowest BCUT2D eigenvalue weighted by molar-refractivity contribution is -0.121. The van der Waals surface area contributed by atoms with Crippen LogP contribution in [0, 0.1) is 5.92 Å². The Morgan fingerprint density at radius 2 is 2.00 bits per heavy atom. The molecule has 0 aliphatic rings. The number of pyridine rings is 1. The summed E-state index contributed by atoms with van der Waals surface area (Å²) in [5.41, 5.74) is 2.50. The van der Waals surface area contributed by atoms with E-state index in [4.69, 9.17) is 9.47 Å².